The first-order valence-electron chi connectivity index (χ1n) is 13.8. The lowest BCUT2D eigenvalue weighted by Crippen LogP contribution is -2.50. The van der Waals surface area contributed by atoms with Gasteiger partial charge in [0.05, 0.1) is 26.2 Å². The molecule has 0 aromatic rings. The van der Waals surface area contributed by atoms with E-state index in [9.17, 15) is 19.8 Å². The molecular formula is C29H48O7. The fourth-order valence-corrected chi connectivity index (χ4v) is 5.50. The first kappa shape index (κ1) is 30.4. The summed E-state index contributed by atoms with van der Waals surface area (Å²) in [5, 5.41) is 22.4. The van der Waals surface area contributed by atoms with Crippen molar-refractivity contribution in [1.29, 1.82) is 0 Å². The number of aliphatic hydroxyl groups excluding tert-OH is 1. The van der Waals surface area contributed by atoms with Gasteiger partial charge in [0.1, 0.15) is 5.76 Å². The lowest BCUT2D eigenvalue weighted by molar-refractivity contribution is -0.182. The van der Waals surface area contributed by atoms with E-state index >= 15 is 0 Å². The van der Waals surface area contributed by atoms with Crippen LogP contribution in [0.2, 0.25) is 0 Å². The number of unbranched alkanes of at least 4 members (excludes halogenated alkanes) is 1. The first-order chi connectivity index (χ1) is 17.2. The van der Waals surface area contributed by atoms with Crippen molar-refractivity contribution in [2.45, 2.75) is 117 Å². The molecule has 206 valence electrons. The monoisotopic (exact) mass is 508 g/mol. The maximum atomic E-state index is 13.2. The summed E-state index contributed by atoms with van der Waals surface area (Å²) < 4.78 is 16.9. The number of carboxylic acids is 1. The average Bonchev–Trinajstić information content (AvgIpc) is 3.39. The van der Waals surface area contributed by atoms with Crippen molar-refractivity contribution in [2.75, 3.05) is 13.7 Å². The Morgan fingerprint density at radius 2 is 1.81 bits per heavy atom. The minimum Gasteiger partial charge on any atom is -0.480 e. The van der Waals surface area contributed by atoms with Crippen LogP contribution >= 0.6 is 0 Å². The van der Waals surface area contributed by atoms with Gasteiger partial charge >= 0.3 is 11.9 Å². The highest BCUT2D eigenvalue weighted by atomic mass is 16.7. The van der Waals surface area contributed by atoms with E-state index in [0.29, 0.717) is 25.2 Å². The highest BCUT2D eigenvalue weighted by Crippen LogP contribution is 2.50. The Bertz CT molecular complexity index is 745. The van der Waals surface area contributed by atoms with Crippen molar-refractivity contribution >= 4 is 11.9 Å². The van der Waals surface area contributed by atoms with Crippen molar-refractivity contribution in [3.63, 3.8) is 0 Å². The van der Waals surface area contributed by atoms with E-state index in [2.05, 4.69) is 25.5 Å². The van der Waals surface area contributed by atoms with Crippen molar-refractivity contribution in [2.24, 2.45) is 16.7 Å². The van der Waals surface area contributed by atoms with Crippen LogP contribution in [0.25, 0.3) is 0 Å². The van der Waals surface area contributed by atoms with Crippen LogP contribution in [0.1, 0.15) is 104 Å². The maximum Gasteiger partial charge on any atom is 0.320 e. The smallest absolute Gasteiger partial charge is 0.320 e. The van der Waals surface area contributed by atoms with Gasteiger partial charge in [-0.15, -0.1) is 0 Å². The van der Waals surface area contributed by atoms with Gasteiger partial charge < -0.3 is 24.4 Å². The predicted molar refractivity (Wildman–Crippen MR) is 139 cm³/mol. The van der Waals surface area contributed by atoms with Crippen LogP contribution in [0.3, 0.4) is 0 Å². The standard InChI is InChI=1S/C29H48O7/c1-5-6-19-28(2,3)20-18-24(36-26-17-11-12-21-35-26)29(27(32)33,22-13-7-8-14-22)23(30)15-9-10-16-25(31)34-4/h9-10,18,22-23,26,30H,5-8,11-17,19-21H2,1-4H3,(H,32,33)/t23-,26?,29-/m1/s1. The number of carbonyl (C=O) groups excluding carboxylic acids is 1. The number of esters is 1. The summed E-state index contributed by atoms with van der Waals surface area (Å²) in [6.07, 6.45) is 13.5. The SMILES string of the molecule is CCCCC(C)(C)CC=C(OC1CCCCO1)[C@@](C(=O)O)(C1CCCC1)[C@H](O)CC=CCC(=O)OC. The molecule has 7 heteroatoms. The van der Waals surface area contributed by atoms with E-state index in [4.69, 9.17) is 9.47 Å². The third-order valence-electron chi connectivity index (χ3n) is 7.77. The molecule has 36 heavy (non-hydrogen) atoms. The van der Waals surface area contributed by atoms with Gasteiger partial charge in [-0.3, -0.25) is 9.59 Å². The summed E-state index contributed by atoms with van der Waals surface area (Å²) in [5.74, 6) is -1.34. The van der Waals surface area contributed by atoms with Gasteiger partial charge in [-0.05, 0) is 62.4 Å². The highest BCUT2D eigenvalue weighted by molar-refractivity contribution is 5.79. The number of rotatable bonds is 15. The van der Waals surface area contributed by atoms with Crippen LogP contribution in [-0.4, -0.2) is 48.3 Å². The third kappa shape index (κ3) is 8.34. The first-order valence-corrected chi connectivity index (χ1v) is 13.8. The third-order valence-corrected chi connectivity index (χ3v) is 7.77. The molecule has 1 unspecified atom stereocenters. The fourth-order valence-electron chi connectivity index (χ4n) is 5.50. The van der Waals surface area contributed by atoms with Crippen molar-refractivity contribution in [3.8, 4) is 0 Å². The average molecular weight is 509 g/mol. The molecular weight excluding hydrogens is 460 g/mol. The molecule has 7 nitrogen and oxygen atoms in total. The number of methoxy groups -OCH3 is 1. The van der Waals surface area contributed by atoms with E-state index in [-0.39, 0.29) is 30.1 Å². The van der Waals surface area contributed by atoms with E-state index in [1.54, 1.807) is 12.2 Å². The Morgan fingerprint density at radius 3 is 2.39 bits per heavy atom. The second-order valence-electron chi connectivity index (χ2n) is 11.1. The van der Waals surface area contributed by atoms with Crippen molar-refractivity contribution in [1.82, 2.24) is 0 Å². The Kier molecular flexibility index (Phi) is 12.5. The molecule has 1 saturated heterocycles. The second kappa shape index (κ2) is 14.8. The number of aliphatic hydroxyl groups is 1. The van der Waals surface area contributed by atoms with E-state index in [1.165, 1.54) is 7.11 Å². The van der Waals surface area contributed by atoms with Gasteiger partial charge in [0.25, 0.3) is 0 Å². The van der Waals surface area contributed by atoms with Crippen LogP contribution in [0, 0.1) is 16.7 Å². The number of allylic oxidation sites excluding steroid dienone is 1. The molecule has 0 amide bonds. The summed E-state index contributed by atoms with van der Waals surface area (Å²) in [6, 6.07) is 0. The van der Waals surface area contributed by atoms with Gasteiger partial charge in [-0.25, -0.2) is 0 Å². The van der Waals surface area contributed by atoms with Gasteiger partial charge in [0.2, 0.25) is 0 Å². The number of hydrogen-bond donors (Lipinski definition) is 2. The van der Waals surface area contributed by atoms with E-state index in [0.717, 1.165) is 57.8 Å². The van der Waals surface area contributed by atoms with E-state index < -0.39 is 23.8 Å². The summed E-state index contributed by atoms with van der Waals surface area (Å²) in [4.78, 5) is 24.7. The number of carboxylic acid groups (broad SMARTS) is 1. The van der Waals surface area contributed by atoms with Crippen LogP contribution in [0.5, 0.6) is 0 Å². The second-order valence-corrected chi connectivity index (χ2v) is 11.1. The van der Waals surface area contributed by atoms with Crippen molar-refractivity contribution in [3.05, 3.63) is 24.0 Å². The molecule has 0 aromatic carbocycles. The topological polar surface area (TPSA) is 102 Å². The minimum absolute atomic E-state index is 0.0245. The zero-order chi connectivity index (χ0) is 26.6. The Hall–Kier alpha value is -1.86. The molecule has 3 atom stereocenters. The zero-order valence-electron chi connectivity index (χ0n) is 22.8. The predicted octanol–water partition coefficient (Wildman–Crippen LogP) is 6.15. The molecule has 0 radical (unpaired) electrons. The lowest BCUT2D eigenvalue weighted by atomic mass is 9.67. The summed E-state index contributed by atoms with van der Waals surface area (Å²) in [6.45, 7) is 7.14. The van der Waals surface area contributed by atoms with E-state index in [1.807, 2.05) is 6.08 Å². The number of hydrogen-bond acceptors (Lipinski definition) is 6. The largest absolute Gasteiger partial charge is 0.480 e. The van der Waals surface area contributed by atoms with Crippen LogP contribution in [0.15, 0.2) is 24.0 Å². The van der Waals surface area contributed by atoms with Crippen molar-refractivity contribution < 1.29 is 34.0 Å². The molecule has 0 spiro atoms. The zero-order valence-corrected chi connectivity index (χ0v) is 22.8. The Labute approximate surface area is 217 Å². The minimum atomic E-state index is -1.58. The summed E-state index contributed by atoms with van der Waals surface area (Å²) in [7, 11) is 1.32. The Morgan fingerprint density at radius 1 is 1.11 bits per heavy atom. The molecule has 2 rings (SSSR count). The molecule has 1 aliphatic heterocycles. The highest BCUT2D eigenvalue weighted by Gasteiger charge is 2.56. The number of aliphatic carboxylic acids is 1. The number of carbonyl (C=O) groups is 2. The Balaban J connectivity index is 2.46. The van der Waals surface area contributed by atoms with Crippen LogP contribution < -0.4 is 0 Å². The molecule has 0 bridgehead atoms. The van der Waals surface area contributed by atoms with Crippen LogP contribution in [0.4, 0.5) is 0 Å². The number of ether oxygens (including phenoxy) is 3. The molecule has 2 N–H and O–H groups in total. The molecule has 2 fully saturated rings. The van der Waals surface area contributed by atoms with Gasteiger partial charge in [0, 0.05) is 6.42 Å². The molecule has 2 aliphatic rings. The summed E-state index contributed by atoms with van der Waals surface area (Å²) in [5.41, 5.74) is -1.60. The van der Waals surface area contributed by atoms with Gasteiger partial charge in [-0.1, -0.05) is 58.6 Å². The molecule has 1 aliphatic carbocycles. The molecule has 1 saturated carbocycles. The molecule has 0 aromatic heterocycles. The van der Waals surface area contributed by atoms with Gasteiger partial charge in [-0.2, -0.15) is 0 Å². The normalized spacial score (nSPS) is 22.4. The quantitative estimate of drug-likeness (QED) is 0.155. The van der Waals surface area contributed by atoms with Crippen LogP contribution in [-0.2, 0) is 23.8 Å². The summed E-state index contributed by atoms with van der Waals surface area (Å²) >= 11 is 0. The maximum absolute atomic E-state index is 13.2. The van der Waals surface area contributed by atoms with Gasteiger partial charge in [0.15, 0.2) is 11.7 Å². The fraction of sp³-hybridized carbons (Fsp3) is 0.793. The molecule has 1 heterocycles. The lowest BCUT2D eigenvalue weighted by Gasteiger charge is -2.42.